The number of carbonyl (C=O) groups excluding carboxylic acids is 5. The number of halogens is 3. The first kappa shape index (κ1) is 42.2. The number of nitrogens with zero attached hydrogens (tertiary/aromatic N) is 6. The molecule has 4 aromatic rings. The number of amides is 5. The third-order valence-electron chi connectivity index (χ3n) is 12.7. The van der Waals surface area contributed by atoms with Crippen LogP contribution in [0.15, 0.2) is 54.7 Å². The van der Waals surface area contributed by atoms with E-state index in [1.165, 1.54) is 6.07 Å². The summed E-state index contributed by atoms with van der Waals surface area (Å²) in [4.78, 5) is 73.3. The highest BCUT2D eigenvalue weighted by Gasteiger charge is 2.45. The zero-order valence-electron chi connectivity index (χ0n) is 34.5. The summed E-state index contributed by atoms with van der Waals surface area (Å²) in [6.45, 7) is 12.0. The Balaban J connectivity index is 0.869. The average Bonchev–Trinajstić information content (AvgIpc) is 3.74. The van der Waals surface area contributed by atoms with Crippen molar-refractivity contribution in [3.05, 3.63) is 88.4 Å². The van der Waals surface area contributed by atoms with E-state index >= 15 is 0 Å². The number of fused-ring (bicyclic) bond motifs is 2. The monoisotopic (exact) mass is 842 g/mol. The number of hydrogen-bond acceptors (Lipinski definition) is 10. The van der Waals surface area contributed by atoms with Crippen LogP contribution in [0.4, 0.5) is 18.9 Å². The summed E-state index contributed by atoms with van der Waals surface area (Å²) in [5, 5.41) is 21.5. The van der Waals surface area contributed by atoms with Gasteiger partial charge in [-0.25, -0.2) is 4.98 Å². The van der Waals surface area contributed by atoms with Crippen molar-refractivity contribution in [3.63, 3.8) is 0 Å². The van der Waals surface area contributed by atoms with E-state index in [1.54, 1.807) is 32.0 Å². The predicted octanol–water partition coefficient (Wildman–Crippen LogP) is 5.63. The molecule has 5 amide bonds. The van der Waals surface area contributed by atoms with Gasteiger partial charge in [0.1, 0.15) is 17.4 Å². The van der Waals surface area contributed by atoms with Gasteiger partial charge in [0.05, 0.1) is 28.3 Å². The molecule has 1 unspecified atom stereocenters. The Labute approximate surface area is 350 Å². The van der Waals surface area contributed by atoms with E-state index in [2.05, 4.69) is 39.3 Å². The molecule has 0 aliphatic carbocycles. The van der Waals surface area contributed by atoms with Gasteiger partial charge in [-0.3, -0.25) is 43.8 Å². The lowest BCUT2D eigenvalue weighted by Gasteiger charge is -2.46. The number of aliphatic hydroxyl groups is 1. The van der Waals surface area contributed by atoms with Crippen molar-refractivity contribution in [1.29, 1.82) is 0 Å². The van der Waals surface area contributed by atoms with Crippen molar-refractivity contribution in [1.82, 2.24) is 34.8 Å². The normalized spacial score (nSPS) is 20.4. The first-order chi connectivity index (χ1) is 28.8. The number of benzene rings is 2. The number of rotatable bonds is 9. The number of hydrogen-bond donors (Lipinski definition) is 3. The molecule has 1 atom stereocenters. The predicted molar refractivity (Wildman–Crippen MR) is 218 cm³/mol. The number of anilines is 1. The highest BCUT2D eigenvalue weighted by Crippen LogP contribution is 2.37. The van der Waals surface area contributed by atoms with Gasteiger partial charge >= 0.3 is 6.18 Å². The standard InChI is InChI=1S/C44H49F3N8O6/c1-42(2,53-18-12-25(13-19-53)26-8-9-29-30(20-26)41(60)55(40(29)59)35-10-11-37(56)50-39(35)58)24-52-16-14-28(15-17-52)54-23-27-21-34(31(43(3,4)61)22-33(27)51-54)49-38(57)32-6-5-7-36(48-32)44(45,46)47/h5-9,20-23,25,28,35,61H,10-19,24H2,1-4H3,(H,49,57)(H,50,56,58). The van der Waals surface area contributed by atoms with E-state index in [9.17, 15) is 42.3 Å². The minimum absolute atomic E-state index is 0.0731. The van der Waals surface area contributed by atoms with Gasteiger partial charge in [-0.05, 0) is 121 Å². The van der Waals surface area contributed by atoms with Crippen molar-refractivity contribution in [3.8, 4) is 0 Å². The Bertz CT molecular complexity index is 2430. The van der Waals surface area contributed by atoms with Gasteiger partial charge in [-0.2, -0.15) is 18.3 Å². The lowest BCUT2D eigenvalue weighted by molar-refractivity contribution is -0.141. The number of piperidine rings is 3. The van der Waals surface area contributed by atoms with Crippen molar-refractivity contribution < 1.29 is 42.3 Å². The van der Waals surface area contributed by atoms with Crippen molar-refractivity contribution >= 4 is 46.1 Å². The Morgan fingerprint density at radius 1 is 0.885 bits per heavy atom. The van der Waals surface area contributed by atoms with Gasteiger partial charge in [0.2, 0.25) is 11.8 Å². The summed E-state index contributed by atoms with van der Waals surface area (Å²) in [6, 6.07) is 11.1. The number of carbonyl (C=O) groups is 5. The topological polar surface area (TPSA) is 170 Å². The summed E-state index contributed by atoms with van der Waals surface area (Å²) >= 11 is 0. The largest absolute Gasteiger partial charge is 0.433 e. The summed E-state index contributed by atoms with van der Waals surface area (Å²) in [6.07, 6.45) is 0.876. The third kappa shape index (κ3) is 8.42. The fraction of sp³-hybridized carbons (Fsp3) is 0.477. The number of nitrogens with one attached hydrogen (secondary N) is 2. The Hall–Kier alpha value is -5.52. The summed E-state index contributed by atoms with van der Waals surface area (Å²) in [5.41, 5.74) is -0.256. The van der Waals surface area contributed by atoms with Gasteiger partial charge in [-0.1, -0.05) is 12.1 Å². The quantitative estimate of drug-likeness (QED) is 0.180. The number of alkyl halides is 3. The molecule has 61 heavy (non-hydrogen) atoms. The van der Waals surface area contributed by atoms with Crippen molar-refractivity contribution in [2.24, 2.45) is 0 Å². The van der Waals surface area contributed by atoms with Crippen LogP contribution >= 0.6 is 0 Å². The average molecular weight is 843 g/mol. The minimum Gasteiger partial charge on any atom is -0.386 e. The molecule has 0 radical (unpaired) electrons. The van der Waals surface area contributed by atoms with Crippen molar-refractivity contribution in [2.75, 3.05) is 38.0 Å². The van der Waals surface area contributed by atoms with Crippen LogP contribution in [0.2, 0.25) is 0 Å². The molecule has 8 rings (SSSR count). The lowest BCUT2D eigenvalue weighted by atomic mass is 9.85. The second-order valence-electron chi connectivity index (χ2n) is 17.8. The molecular weight excluding hydrogens is 794 g/mol. The highest BCUT2D eigenvalue weighted by atomic mass is 19.4. The second kappa shape index (κ2) is 15.7. The zero-order valence-corrected chi connectivity index (χ0v) is 34.5. The molecule has 2 aromatic heterocycles. The molecule has 2 aromatic carbocycles. The molecule has 0 spiro atoms. The smallest absolute Gasteiger partial charge is 0.386 e. The van der Waals surface area contributed by atoms with Crippen LogP contribution in [0.3, 0.4) is 0 Å². The number of imide groups is 2. The van der Waals surface area contributed by atoms with Crippen LogP contribution in [-0.4, -0.2) is 108 Å². The molecule has 0 saturated carbocycles. The maximum atomic E-state index is 13.4. The van der Waals surface area contributed by atoms with Gasteiger partial charge in [0, 0.05) is 54.4 Å². The molecule has 14 nitrogen and oxygen atoms in total. The molecular formula is C44H49F3N8O6. The first-order valence-electron chi connectivity index (χ1n) is 20.7. The molecule has 6 heterocycles. The van der Waals surface area contributed by atoms with E-state index in [4.69, 9.17) is 5.10 Å². The number of pyridine rings is 1. The fourth-order valence-electron chi connectivity index (χ4n) is 9.34. The molecule has 0 bridgehead atoms. The molecule has 4 aliphatic rings. The van der Waals surface area contributed by atoms with Crippen LogP contribution < -0.4 is 10.6 Å². The molecule has 322 valence electrons. The fourth-order valence-corrected chi connectivity index (χ4v) is 9.34. The Morgan fingerprint density at radius 3 is 2.26 bits per heavy atom. The Morgan fingerprint density at radius 2 is 1.59 bits per heavy atom. The van der Waals surface area contributed by atoms with Crippen LogP contribution in [0.25, 0.3) is 10.9 Å². The molecule has 4 aliphatic heterocycles. The van der Waals surface area contributed by atoms with Gasteiger partial charge in [0.25, 0.3) is 17.7 Å². The zero-order chi connectivity index (χ0) is 43.6. The van der Waals surface area contributed by atoms with E-state index in [1.807, 2.05) is 23.0 Å². The third-order valence-corrected chi connectivity index (χ3v) is 12.7. The van der Waals surface area contributed by atoms with Gasteiger partial charge < -0.3 is 15.3 Å². The molecule has 17 heteroatoms. The summed E-state index contributed by atoms with van der Waals surface area (Å²) in [5.74, 6) is -2.65. The van der Waals surface area contributed by atoms with Crippen LogP contribution in [0, 0.1) is 0 Å². The van der Waals surface area contributed by atoms with Crippen LogP contribution in [0.5, 0.6) is 0 Å². The van der Waals surface area contributed by atoms with Crippen LogP contribution in [0.1, 0.15) is 126 Å². The van der Waals surface area contributed by atoms with Gasteiger partial charge in [0.15, 0.2) is 0 Å². The van der Waals surface area contributed by atoms with E-state index < -0.39 is 58.7 Å². The molecule has 3 saturated heterocycles. The Kier molecular flexibility index (Phi) is 10.9. The molecule has 3 fully saturated rings. The maximum Gasteiger partial charge on any atom is 0.433 e. The van der Waals surface area contributed by atoms with E-state index in [0.29, 0.717) is 22.0 Å². The number of likely N-dealkylation sites (tertiary alicyclic amines) is 2. The van der Waals surface area contributed by atoms with Crippen molar-refractivity contribution in [2.45, 2.75) is 102 Å². The number of aromatic nitrogens is 3. The summed E-state index contributed by atoms with van der Waals surface area (Å²) in [7, 11) is 0. The second-order valence-corrected chi connectivity index (χ2v) is 17.8. The lowest BCUT2D eigenvalue weighted by Crippen LogP contribution is -2.55. The summed E-state index contributed by atoms with van der Waals surface area (Å²) < 4.78 is 41.8. The van der Waals surface area contributed by atoms with E-state index in [0.717, 1.165) is 81.0 Å². The first-order valence-corrected chi connectivity index (χ1v) is 20.7. The highest BCUT2D eigenvalue weighted by molar-refractivity contribution is 6.23. The van der Waals surface area contributed by atoms with Gasteiger partial charge in [-0.15, -0.1) is 0 Å². The SMILES string of the molecule is CC(C)(O)c1cc2nn(C3CCN(CC(C)(C)N4CCC(c5ccc6c(c5)C(=O)N(C5CCC(=O)NC5=O)C6=O)CC4)CC3)cc2cc1NC(=O)c1cccc(C(F)(F)F)n1. The van der Waals surface area contributed by atoms with Crippen LogP contribution in [-0.2, 0) is 21.4 Å². The molecule has 3 N–H and O–H groups in total. The minimum atomic E-state index is -4.71. The maximum absolute atomic E-state index is 13.4. The van der Waals surface area contributed by atoms with E-state index in [-0.39, 0.29) is 41.6 Å².